The Morgan fingerprint density at radius 2 is 0.841 bits per heavy atom. The van der Waals surface area contributed by atoms with Crippen molar-refractivity contribution in [3.8, 4) is 67.1 Å². The first-order valence-electron chi connectivity index (χ1n) is 20.8. The van der Waals surface area contributed by atoms with Crippen molar-refractivity contribution < 1.29 is 41.7 Å². The Labute approximate surface area is 364 Å². The number of benzene rings is 6. The predicted octanol–water partition coefficient (Wildman–Crippen LogP) is 12.7. The van der Waals surface area contributed by atoms with Crippen LogP contribution < -0.4 is 9.47 Å². The molecule has 3 aliphatic carbocycles. The molecule has 63 heavy (non-hydrogen) atoms. The number of hydrogen-bond donors (Lipinski definition) is 0. The summed E-state index contributed by atoms with van der Waals surface area (Å²) in [7, 11) is 0. The van der Waals surface area contributed by atoms with E-state index in [2.05, 4.69) is 59.1 Å². The first-order valence-corrected chi connectivity index (χ1v) is 20.8. The molecule has 0 N–H and O–H groups in total. The summed E-state index contributed by atoms with van der Waals surface area (Å²) in [4.78, 5) is 22.9. The number of hydrogen-bond acceptors (Lipinski definition) is 6. The number of halogens is 3. The molecule has 3 aliphatic rings. The molecule has 0 amide bonds. The lowest BCUT2D eigenvalue weighted by Crippen LogP contribution is -2.38. The van der Waals surface area contributed by atoms with Gasteiger partial charge in [0.15, 0.2) is 0 Å². The van der Waals surface area contributed by atoms with Crippen molar-refractivity contribution in [1.82, 2.24) is 0 Å². The van der Waals surface area contributed by atoms with Crippen LogP contribution in [0.1, 0.15) is 68.0 Å². The second-order valence-corrected chi connectivity index (χ2v) is 17.5. The van der Waals surface area contributed by atoms with Gasteiger partial charge in [-0.25, -0.2) is 9.59 Å². The van der Waals surface area contributed by atoms with Crippen LogP contribution in [0.2, 0.25) is 0 Å². The smallest absolute Gasteiger partial charge is 0.402 e. The summed E-state index contributed by atoms with van der Waals surface area (Å²) >= 11 is 0. The minimum atomic E-state index is -4.59. The minimum Gasteiger partial charge on any atom is -0.490 e. The molecule has 0 fully saturated rings. The number of ether oxygens (including phenoxy) is 4. The molecule has 0 spiro atoms. The third-order valence-electron chi connectivity index (χ3n) is 13.3. The van der Waals surface area contributed by atoms with Crippen LogP contribution in [0, 0.1) is 0 Å². The second kappa shape index (κ2) is 14.9. The fourth-order valence-electron chi connectivity index (χ4n) is 9.74. The number of esters is 2. The quantitative estimate of drug-likeness (QED) is 0.0560. The van der Waals surface area contributed by atoms with Crippen LogP contribution in [0.3, 0.4) is 0 Å². The topological polar surface area (TPSA) is 71.1 Å². The van der Waals surface area contributed by atoms with E-state index in [1.54, 1.807) is 12.1 Å². The molecule has 0 heterocycles. The molecule has 6 aromatic rings. The lowest BCUT2D eigenvalue weighted by Gasteiger charge is -2.30. The maximum atomic E-state index is 15.7. The van der Waals surface area contributed by atoms with Crippen molar-refractivity contribution in [2.75, 3.05) is 20.0 Å². The summed E-state index contributed by atoms with van der Waals surface area (Å²) in [5, 5.41) is 0. The Balaban J connectivity index is 1.01. The van der Waals surface area contributed by atoms with E-state index in [9.17, 15) is 9.59 Å². The van der Waals surface area contributed by atoms with E-state index in [-0.39, 0.29) is 31.1 Å². The van der Waals surface area contributed by atoms with Crippen LogP contribution in [0.15, 0.2) is 135 Å². The lowest BCUT2D eigenvalue weighted by atomic mass is 9.77. The summed E-state index contributed by atoms with van der Waals surface area (Å²) in [6.07, 6.45) is -2.41. The van der Waals surface area contributed by atoms with Crippen molar-refractivity contribution in [3.05, 3.63) is 168 Å². The molecule has 9 heteroatoms. The van der Waals surface area contributed by atoms with Gasteiger partial charge in [0.2, 0.25) is 6.79 Å². The molecule has 0 saturated heterocycles. The maximum absolute atomic E-state index is 15.7. The van der Waals surface area contributed by atoms with Crippen LogP contribution in [0.5, 0.6) is 11.5 Å². The average molecular weight is 847 g/mol. The van der Waals surface area contributed by atoms with E-state index in [0.29, 0.717) is 33.8 Å². The fourth-order valence-corrected chi connectivity index (χ4v) is 9.74. The molecule has 0 bridgehead atoms. The first-order chi connectivity index (χ1) is 30.0. The van der Waals surface area contributed by atoms with Crippen LogP contribution in [0.25, 0.3) is 55.6 Å². The van der Waals surface area contributed by atoms with Gasteiger partial charge in [-0.15, -0.1) is 0 Å². The van der Waals surface area contributed by atoms with Crippen molar-refractivity contribution in [2.45, 2.75) is 57.0 Å². The number of carbonyl (C=O) groups excluding carboxylic acids is 2. The van der Waals surface area contributed by atoms with Gasteiger partial charge in [-0.05, 0) is 144 Å². The van der Waals surface area contributed by atoms with Gasteiger partial charge in [0, 0.05) is 23.0 Å². The third kappa shape index (κ3) is 6.64. The highest BCUT2D eigenvalue weighted by molar-refractivity contribution is 5.90. The highest BCUT2D eigenvalue weighted by atomic mass is 19.4. The zero-order valence-electron chi connectivity index (χ0n) is 35.7. The molecule has 318 valence electrons. The van der Waals surface area contributed by atoms with Gasteiger partial charge < -0.3 is 18.9 Å². The SMILES string of the molecule is C=CC(=O)OCCOc1ccc2c(c1)C(C)(C)c1cc(-c3ccc4c(c3)C(C)(C(F)(F)F)c3cc(-c5ccc6c(c5)C(C)(C)c5cc(OCOC(=O)C=C)ccc5-6)ccc3-4)ccc1-2. The van der Waals surface area contributed by atoms with E-state index in [0.717, 1.165) is 67.8 Å². The normalized spacial score (nSPS) is 16.7. The lowest BCUT2D eigenvalue weighted by molar-refractivity contribution is -0.172. The van der Waals surface area contributed by atoms with Gasteiger partial charge in [0.1, 0.15) is 30.1 Å². The highest BCUT2D eigenvalue weighted by Gasteiger charge is 2.58. The zero-order chi connectivity index (χ0) is 44.6. The van der Waals surface area contributed by atoms with Crippen LogP contribution in [-0.4, -0.2) is 38.1 Å². The molecule has 0 saturated carbocycles. The van der Waals surface area contributed by atoms with Gasteiger partial charge in [0.25, 0.3) is 0 Å². The standard InChI is InChI=1S/C54H45F3O6/c1-8-49(58)61-23-22-60-35-14-20-39-37-16-10-31(24-43(37)51(3,4)45(39)28-35)33-12-18-41-42-19-13-34(27-48(42)53(7,47(41)26-33)54(55,56)57)32-11-17-38-40-21-15-36(62-30-63-50(59)9-2)29-46(40)52(5,6)44(38)25-32/h8-21,24-29H,1-2,22-23,30H2,3-7H3. The Kier molecular flexibility index (Phi) is 9.81. The molecule has 1 atom stereocenters. The molecular weight excluding hydrogens is 802 g/mol. The van der Waals surface area contributed by atoms with Crippen molar-refractivity contribution in [3.63, 3.8) is 0 Å². The van der Waals surface area contributed by atoms with Gasteiger partial charge in [0.05, 0.1) is 0 Å². The van der Waals surface area contributed by atoms with Gasteiger partial charge in [-0.1, -0.05) is 102 Å². The van der Waals surface area contributed by atoms with E-state index >= 15 is 13.2 Å². The highest BCUT2D eigenvalue weighted by Crippen LogP contribution is 2.59. The molecule has 0 aliphatic heterocycles. The monoisotopic (exact) mass is 846 g/mol. The summed E-state index contributed by atoms with van der Waals surface area (Å²) < 4.78 is 68.8. The zero-order valence-corrected chi connectivity index (χ0v) is 35.7. The summed E-state index contributed by atoms with van der Waals surface area (Å²) in [5.74, 6) is 0.111. The maximum Gasteiger partial charge on any atom is 0.402 e. The summed E-state index contributed by atoms with van der Waals surface area (Å²) in [6.45, 7) is 16.6. The third-order valence-corrected chi connectivity index (χ3v) is 13.3. The molecule has 0 radical (unpaired) electrons. The largest absolute Gasteiger partial charge is 0.490 e. The number of rotatable bonds is 11. The van der Waals surface area contributed by atoms with E-state index < -0.39 is 34.4 Å². The molecule has 9 rings (SSSR count). The fraction of sp³-hybridized carbons (Fsp3) is 0.222. The van der Waals surface area contributed by atoms with E-state index in [1.165, 1.54) is 6.92 Å². The van der Waals surface area contributed by atoms with E-state index in [4.69, 9.17) is 18.9 Å². The molecular formula is C54H45F3O6. The van der Waals surface area contributed by atoms with Gasteiger partial charge in [-0.3, -0.25) is 0 Å². The average Bonchev–Trinajstić information content (AvgIpc) is 3.77. The van der Waals surface area contributed by atoms with Gasteiger partial charge in [-0.2, -0.15) is 13.2 Å². The van der Waals surface area contributed by atoms with E-state index in [1.807, 2.05) is 78.9 Å². The second-order valence-electron chi connectivity index (χ2n) is 17.5. The molecule has 6 aromatic carbocycles. The van der Waals surface area contributed by atoms with Crippen LogP contribution >= 0.6 is 0 Å². The molecule has 0 aromatic heterocycles. The van der Waals surface area contributed by atoms with Crippen molar-refractivity contribution >= 4 is 11.9 Å². The number of fused-ring (bicyclic) bond motifs is 9. The Bertz CT molecular complexity index is 2920. The van der Waals surface area contributed by atoms with Crippen molar-refractivity contribution in [1.29, 1.82) is 0 Å². The van der Waals surface area contributed by atoms with Crippen molar-refractivity contribution in [2.24, 2.45) is 0 Å². The minimum absolute atomic E-state index is 0.0948. The number of carbonyl (C=O) groups is 2. The Morgan fingerprint density at radius 3 is 1.25 bits per heavy atom. The summed E-state index contributed by atoms with van der Waals surface area (Å²) in [6, 6.07) is 34.8. The molecule has 6 nitrogen and oxygen atoms in total. The number of alkyl halides is 3. The Morgan fingerprint density at radius 1 is 0.492 bits per heavy atom. The summed E-state index contributed by atoms with van der Waals surface area (Å²) in [5.41, 5.74) is 9.96. The van der Waals surface area contributed by atoms with Crippen LogP contribution in [0.4, 0.5) is 13.2 Å². The Hall–Kier alpha value is -6.87. The predicted molar refractivity (Wildman–Crippen MR) is 239 cm³/mol. The first kappa shape index (κ1) is 41.5. The molecule has 1 unspecified atom stereocenters. The van der Waals surface area contributed by atoms with Gasteiger partial charge >= 0.3 is 18.1 Å². The van der Waals surface area contributed by atoms with Crippen LogP contribution in [-0.2, 0) is 35.3 Å².